The lowest BCUT2D eigenvalue weighted by atomic mass is 9.97. The molecule has 0 amide bonds. The highest BCUT2D eigenvalue weighted by Crippen LogP contribution is 2.30. The van der Waals surface area contributed by atoms with Gasteiger partial charge < -0.3 is 15.6 Å². The van der Waals surface area contributed by atoms with E-state index in [2.05, 4.69) is 13.8 Å². The van der Waals surface area contributed by atoms with E-state index in [1.165, 1.54) is 0 Å². The normalized spacial score (nSPS) is 12.4. The van der Waals surface area contributed by atoms with Crippen LogP contribution in [0.1, 0.15) is 37.4 Å². The van der Waals surface area contributed by atoms with Crippen molar-refractivity contribution in [3.8, 4) is 11.5 Å². The van der Waals surface area contributed by atoms with E-state index in [4.69, 9.17) is 10.5 Å². The number of aromatic hydroxyl groups is 1. The Kier molecular flexibility index (Phi) is 5.23. The van der Waals surface area contributed by atoms with Crippen molar-refractivity contribution in [2.45, 2.75) is 32.9 Å². The second-order valence-electron chi connectivity index (χ2n) is 5.73. The van der Waals surface area contributed by atoms with Gasteiger partial charge in [-0.3, -0.25) is 0 Å². The molecule has 0 radical (unpaired) electrons. The summed E-state index contributed by atoms with van der Waals surface area (Å²) in [7, 11) is 0. The fraction of sp³-hybridized carbons (Fsp3) is 0.333. The summed E-state index contributed by atoms with van der Waals surface area (Å²) in [6.45, 7) is 4.72. The third-order valence-corrected chi connectivity index (χ3v) is 3.38. The van der Waals surface area contributed by atoms with Crippen molar-refractivity contribution in [2.24, 2.45) is 11.7 Å². The quantitative estimate of drug-likeness (QED) is 0.843. The zero-order valence-corrected chi connectivity index (χ0v) is 12.6. The number of phenols is 1. The topological polar surface area (TPSA) is 55.5 Å². The Balaban J connectivity index is 2.02. The second kappa shape index (κ2) is 7.14. The van der Waals surface area contributed by atoms with E-state index >= 15 is 0 Å². The Morgan fingerprint density at radius 1 is 1.10 bits per heavy atom. The van der Waals surface area contributed by atoms with Crippen molar-refractivity contribution in [1.82, 2.24) is 0 Å². The minimum absolute atomic E-state index is 0.145. The van der Waals surface area contributed by atoms with Gasteiger partial charge in [-0.2, -0.15) is 0 Å². The molecule has 0 aromatic heterocycles. The van der Waals surface area contributed by atoms with Crippen molar-refractivity contribution in [3.63, 3.8) is 0 Å². The van der Waals surface area contributed by atoms with Crippen LogP contribution >= 0.6 is 0 Å². The van der Waals surface area contributed by atoms with Gasteiger partial charge in [-0.05, 0) is 24.0 Å². The molecule has 2 aromatic carbocycles. The van der Waals surface area contributed by atoms with Crippen LogP contribution in [-0.4, -0.2) is 5.11 Å². The van der Waals surface area contributed by atoms with Gasteiger partial charge >= 0.3 is 0 Å². The molecule has 1 atom stereocenters. The maximum atomic E-state index is 10.1. The maximum absolute atomic E-state index is 10.1. The number of benzene rings is 2. The third-order valence-electron chi connectivity index (χ3n) is 3.38. The molecule has 0 fully saturated rings. The lowest BCUT2D eigenvalue weighted by Crippen LogP contribution is -2.13. The predicted octanol–water partition coefficient (Wildman–Crippen LogP) is 4.02. The maximum Gasteiger partial charge on any atom is 0.124 e. The van der Waals surface area contributed by atoms with E-state index < -0.39 is 0 Å². The van der Waals surface area contributed by atoms with Crippen LogP contribution in [-0.2, 0) is 6.61 Å². The molecule has 0 aliphatic carbocycles. The van der Waals surface area contributed by atoms with Crippen LogP contribution in [0.5, 0.6) is 11.5 Å². The molecule has 0 aliphatic rings. The largest absolute Gasteiger partial charge is 0.507 e. The molecule has 3 nitrogen and oxygen atoms in total. The minimum Gasteiger partial charge on any atom is -0.507 e. The summed E-state index contributed by atoms with van der Waals surface area (Å²) in [5, 5.41) is 10.1. The zero-order valence-electron chi connectivity index (χ0n) is 12.6. The van der Waals surface area contributed by atoms with Crippen molar-refractivity contribution in [3.05, 3.63) is 59.7 Å². The Morgan fingerprint density at radius 3 is 2.43 bits per heavy atom. The van der Waals surface area contributed by atoms with Gasteiger partial charge in [0.25, 0.3) is 0 Å². The van der Waals surface area contributed by atoms with Crippen molar-refractivity contribution < 1.29 is 9.84 Å². The first-order chi connectivity index (χ1) is 10.1. The van der Waals surface area contributed by atoms with Crippen LogP contribution in [0.25, 0.3) is 0 Å². The van der Waals surface area contributed by atoms with E-state index in [1.54, 1.807) is 6.07 Å². The zero-order chi connectivity index (χ0) is 15.2. The number of ether oxygens (including phenoxy) is 1. The van der Waals surface area contributed by atoms with Crippen LogP contribution in [0.3, 0.4) is 0 Å². The monoisotopic (exact) mass is 285 g/mol. The summed E-state index contributed by atoms with van der Waals surface area (Å²) in [5.74, 6) is 1.35. The molecule has 0 saturated carbocycles. The van der Waals surface area contributed by atoms with Crippen LogP contribution in [0.4, 0.5) is 0 Å². The van der Waals surface area contributed by atoms with Gasteiger partial charge in [0, 0.05) is 17.7 Å². The first kappa shape index (κ1) is 15.4. The Bertz CT molecular complexity index is 567. The molecule has 112 valence electrons. The summed E-state index contributed by atoms with van der Waals surface area (Å²) < 4.78 is 5.69. The first-order valence-corrected chi connectivity index (χ1v) is 7.31. The summed E-state index contributed by atoms with van der Waals surface area (Å²) in [5.41, 5.74) is 7.98. The van der Waals surface area contributed by atoms with E-state index in [1.807, 2.05) is 42.5 Å². The van der Waals surface area contributed by atoms with Gasteiger partial charge in [-0.1, -0.05) is 50.2 Å². The van der Waals surface area contributed by atoms with E-state index in [-0.39, 0.29) is 11.8 Å². The predicted molar refractivity (Wildman–Crippen MR) is 85.3 cm³/mol. The summed E-state index contributed by atoms with van der Waals surface area (Å²) >= 11 is 0. The molecule has 0 aliphatic heterocycles. The Morgan fingerprint density at radius 2 is 1.81 bits per heavy atom. The third kappa shape index (κ3) is 4.50. The van der Waals surface area contributed by atoms with Gasteiger partial charge in [0.1, 0.15) is 18.1 Å². The lowest BCUT2D eigenvalue weighted by molar-refractivity contribution is 0.304. The molecule has 0 heterocycles. The number of nitrogens with two attached hydrogens (primary N) is 1. The highest BCUT2D eigenvalue weighted by molar-refractivity contribution is 5.41. The average molecular weight is 285 g/mol. The van der Waals surface area contributed by atoms with E-state index in [0.29, 0.717) is 18.3 Å². The summed E-state index contributed by atoms with van der Waals surface area (Å²) in [6.07, 6.45) is 0.845. The van der Waals surface area contributed by atoms with Crippen molar-refractivity contribution in [2.75, 3.05) is 0 Å². The van der Waals surface area contributed by atoms with Crippen LogP contribution in [0, 0.1) is 5.92 Å². The number of phenolic OH excluding ortho intramolecular Hbond substituents is 1. The molecule has 21 heavy (non-hydrogen) atoms. The van der Waals surface area contributed by atoms with Gasteiger partial charge in [0.2, 0.25) is 0 Å². The average Bonchev–Trinajstić information content (AvgIpc) is 2.45. The minimum atomic E-state index is -0.145. The Hall–Kier alpha value is -2.00. The fourth-order valence-corrected chi connectivity index (χ4v) is 2.30. The van der Waals surface area contributed by atoms with E-state index in [9.17, 15) is 5.11 Å². The summed E-state index contributed by atoms with van der Waals surface area (Å²) in [6, 6.07) is 15.1. The second-order valence-corrected chi connectivity index (χ2v) is 5.73. The molecule has 0 spiro atoms. The number of hydrogen-bond donors (Lipinski definition) is 2. The molecule has 2 aromatic rings. The number of hydrogen-bond acceptors (Lipinski definition) is 3. The smallest absolute Gasteiger partial charge is 0.124 e. The van der Waals surface area contributed by atoms with Crippen LogP contribution in [0.2, 0.25) is 0 Å². The van der Waals surface area contributed by atoms with Crippen molar-refractivity contribution in [1.29, 1.82) is 0 Å². The molecule has 0 bridgehead atoms. The molecule has 2 rings (SSSR count). The van der Waals surface area contributed by atoms with Crippen molar-refractivity contribution >= 4 is 0 Å². The standard InChI is InChI=1S/C18H23NO2/c1-13(2)10-17(19)16-9-8-15(11-18(16)20)21-12-14-6-4-3-5-7-14/h3-9,11,13,17,20H,10,12,19H2,1-2H3/t17-/m0/s1. The first-order valence-electron chi connectivity index (χ1n) is 7.31. The number of rotatable bonds is 6. The van der Waals surface area contributed by atoms with Gasteiger partial charge in [0.05, 0.1) is 0 Å². The fourth-order valence-electron chi connectivity index (χ4n) is 2.30. The highest BCUT2D eigenvalue weighted by Gasteiger charge is 2.13. The Labute approximate surface area is 126 Å². The molecule has 0 saturated heterocycles. The lowest BCUT2D eigenvalue weighted by Gasteiger charge is -2.16. The van der Waals surface area contributed by atoms with Gasteiger partial charge in [0.15, 0.2) is 0 Å². The molecule has 0 unspecified atom stereocenters. The molecular weight excluding hydrogens is 262 g/mol. The molecule has 3 N–H and O–H groups in total. The van der Waals surface area contributed by atoms with E-state index in [0.717, 1.165) is 17.5 Å². The summed E-state index contributed by atoms with van der Waals surface area (Å²) in [4.78, 5) is 0. The van der Waals surface area contributed by atoms with Gasteiger partial charge in [-0.15, -0.1) is 0 Å². The highest BCUT2D eigenvalue weighted by atomic mass is 16.5. The molecule has 3 heteroatoms. The van der Waals surface area contributed by atoms with Crippen LogP contribution < -0.4 is 10.5 Å². The molecular formula is C18H23NO2. The SMILES string of the molecule is CC(C)C[C@H](N)c1ccc(OCc2ccccc2)cc1O. The van der Waals surface area contributed by atoms with Crippen LogP contribution in [0.15, 0.2) is 48.5 Å². The van der Waals surface area contributed by atoms with Gasteiger partial charge in [-0.25, -0.2) is 0 Å².